The van der Waals surface area contributed by atoms with E-state index in [9.17, 15) is 4.79 Å². The van der Waals surface area contributed by atoms with Crippen molar-refractivity contribution in [3.63, 3.8) is 0 Å². The first-order chi connectivity index (χ1) is 11.3. The third-order valence-corrected chi connectivity index (χ3v) is 6.15. The van der Waals surface area contributed by atoms with Gasteiger partial charge in [-0.1, -0.05) is 64.7 Å². The number of rotatable bonds is 19. The molecule has 0 saturated carbocycles. The summed E-state index contributed by atoms with van der Waals surface area (Å²) >= 11 is 3.93. The summed E-state index contributed by atoms with van der Waals surface area (Å²) in [6.07, 6.45) is 16.8. The normalized spacial score (nSPS) is 11.0. The Morgan fingerprint density at radius 3 is 1.48 bits per heavy atom. The van der Waals surface area contributed by atoms with E-state index < -0.39 is 5.97 Å². The number of hydrogen-bond acceptors (Lipinski definition) is 3. The van der Waals surface area contributed by atoms with Crippen molar-refractivity contribution < 1.29 is 9.90 Å². The predicted molar refractivity (Wildman–Crippen MR) is 108 cm³/mol. The maximum absolute atomic E-state index is 10.4. The summed E-state index contributed by atoms with van der Waals surface area (Å²) < 4.78 is 0. The van der Waals surface area contributed by atoms with Gasteiger partial charge in [0, 0.05) is 5.75 Å². The van der Waals surface area contributed by atoms with Gasteiger partial charge in [0.15, 0.2) is 0 Å². The van der Waals surface area contributed by atoms with Gasteiger partial charge in [-0.05, 0) is 36.5 Å². The molecule has 4 heteroatoms. The van der Waals surface area contributed by atoms with Crippen molar-refractivity contribution in [1.29, 1.82) is 0 Å². The molecule has 0 aromatic rings. The van der Waals surface area contributed by atoms with Crippen LogP contribution in [0.3, 0.4) is 0 Å². The fourth-order valence-corrected chi connectivity index (χ4v) is 4.42. The SMILES string of the molecule is CCCCCCCCSCCCCCCCCSCCC(=O)O. The largest absolute Gasteiger partial charge is 0.481 e. The van der Waals surface area contributed by atoms with Crippen LogP contribution in [0.4, 0.5) is 0 Å². The Morgan fingerprint density at radius 1 is 0.652 bits per heavy atom. The molecule has 0 saturated heterocycles. The molecular formula is C19H38O2S2. The number of aliphatic carboxylic acids is 1. The van der Waals surface area contributed by atoms with Crippen molar-refractivity contribution in [1.82, 2.24) is 0 Å². The molecule has 0 heterocycles. The lowest BCUT2D eigenvalue weighted by Gasteiger charge is -2.03. The van der Waals surface area contributed by atoms with Gasteiger partial charge in [0.05, 0.1) is 6.42 Å². The highest BCUT2D eigenvalue weighted by Gasteiger charge is 1.97. The number of thioether (sulfide) groups is 2. The van der Waals surface area contributed by atoms with Crippen molar-refractivity contribution in [2.75, 3.05) is 23.0 Å². The van der Waals surface area contributed by atoms with Crippen molar-refractivity contribution >= 4 is 29.5 Å². The molecular weight excluding hydrogens is 324 g/mol. The Hall–Kier alpha value is 0.170. The smallest absolute Gasteiger partial charge is 0.304 e. The summed E-state index contributed by atoms with van der Waals surface area (Å²) in [5.41, 5.74) is 0. The highest BCUT2D eigenvalue weighted by atomic mass is 32.2. The molecule has 2 nitrogen and oxygen atoms in total. The minimum absolute atomic E-state index is 0.307. The van der Waals surface area contributed by atoms with Crippen LogP contribution in [0.2, 0.25) is 0 Å². The molecule has 0 bridgehead atoms. The first-order valence-electron chi connectivity index (χ1n) is 9.64. The van der Waals surface area contributed by atoms with Crippen LogP contribution in [0.25, 0.3) is 0 Å². The molecule has 1 N–H and O–H groups in total. The van der Waals surface area contributed by atoms with Gasteiger partial charge in [0.1, 0.15) is 0 Å². The Kier molecular flexibility index (Phi) is 20.4. The molecule has 0 fully saturated rings. The molecule has 0 aliphatic heterocycles. The van der Waals surface area contributed by atoms with Gasteiger partial charge in [-0.2, -0.15) is 23.5 Å². The highest BCUT2D eigenvalue weighted by Crippen LogP contribution is 2.14. The molecule has 0 spiro atoms. The summed E-state index contributed by atoms with van der Waals surface area (Å²) in [7, 11) is 0. The fraction of sp³-hybridized carbons (Fsp3) is 0.947. The van der Waals surface area contributed by atoms with E-state index in [2.05, 4.69) is 18.7 Å². The zero-order valence-electron chi connectivity index (χ0n) is 15.2. The maximum atomic E-state index is 10.4. The first kappa shape index (κ1) is 23.2. The van der Waals surface area contributed by atoms with E-state index in [1.807, 2.05) is 0 Å². The molecule has 0 aliphatic carbocycles. The number of hydrogen-bond donors (Lipinski definition) is 1. The van der Waals surface area contributed by atoms with Gasteiger partial charge in [-0.15, -0.1) is 0 Å². The van der Waals surface area contributed by atoms with Crippen molar-refractivity contribution in [2.24, 2.45) is 0 Å². The summed E-state index contributed by atoms with van der Waals surface area (Å²) in [5.74, 6) is 3.93. The Morgan fingerprint density at radius 2 is 1.04 bits per heavy atom. The van der Waals surface area contributed by atoms with E-state index in [-0.39, 0.29) is 0 Å². The van der Waals surface area contributed by atoms with Crippen LogP contribution in [0.1, 0.15) is 90.4 Å². The molecule has 138 valence electrons. The van der Waals surface area contributed by atoms with Crippen molar-refractivity contribution in [3.05, 3.63) is 0 Å². The predicted octanol–water partition coefficient (Wildman–Crippen LogP) is 6.63. The molecule has 0 aromatic carbocycles. The monoisotopic (exact) mass is 362 g/mol. The van der Waals surface area contributed by atoms with E-state index >= 15 is 0 Å². The zero-order chi connectivity index (χ0) is 17.0. The third kappa shape index (κ3) is 22.2. The Bertz CT molecular complexity index is 248. The Labute approximate surface area is 153 Å². The van der Waals surface area contributed by atoms with E-state index in [0.29, 0.717) is 6.42 Å². The van der Waals surface area contributed by atoms with Crippen molar-refractivity contribution in [3.8, 4) is 0 Å². The zero-order valence-corrected chi connectivity index (χ0v) is 16.8. The lowest BCUT2D eigenvalue weighted by Crippen LogP contribution is -1.96. The molecule has 0 aliphatic rings. The second-order valence-electron chi connectivity index (χ2n) is 6.26. The van der Waals surface area contributed by atoms with E-state index in [0.717, 1.165) is 11.5 Å². The molecule has 0 amide bonds. The standard InChI is InChI=1S/C19H38O2S2/c1-2-3-4-5-8-11-15-22-16-12-9-6-7-10-13-17-23-18-14-19(20)21/h2-18H2,1H3,(H,20,21). The number of carboxylic acids is 1. The van der Waals surface area contributed by atoms with Crippen LogP contribution in [-0.2, 0) is 4.79 Å². The summed E-state index contributed by atoms with van der Waals surface area (Å²) in [4.78, 5) is 10.4. The van der Waals surface area contributed by atoms with Crippen molar-refractivity contribution in [2.45, 2.75) is 90.4 Å². The number of carboxylic acid groups (broad SMARTS) is 1. The minimum Gasteiger partial charge on any atom is -0.481 e. The number of carbonyl (C=O) groups is 1. The Balaban J connectivity index is 2.96. The lowest BCUT2D eigenvalue weighted by molar-refractivity contribution is -0.136. The summed E-state index contributed by atoms with van der Waals surface area (Å²) in [6, 6.07) is 0. The van der Waals surface area contributed by atoms with E-state index in [4.69, 9.17) is 5.11 Å². The van der Waals surface area contributed by atoms with E-state index in [1.165, 1.54) is 88.6 Å². The van der Waals surface area contributed by atoms with Crippen LogP contribution in [-0.4, -0.2) is 34.1 Å². The van der Waals surface area contributed by atoms with Crippen LogP contribution in [0, 0.1) is 0 Å². The van der Waals surface area contributed by atoms with Gasteiger partial charge >= 0.3 is 5.97 Å². The topological polar surface area (TPSA) is 37.3 Å². The first-order valence-corrected chi connectivity index (χ1v) is 12.0. The average molecular weight is 363 g/mol. The molecule has 0 atom stereocenters. The van der Waals surface area contributed by atoms with E-state index in [1.54, 1.807) is 11.8 Å². The van der Waals surface area contributed by atoms with Gasteiger partial charge < -0.3 is 5.11 Å². The molecule has 0 unspecified atom stereocenters. The second-order valence-corrected chi connectivity index (χ2v) is 8.71. The van der Waals surface area contributed by atoms with Gasteiger partial charge in [0.2, 0.25) is 0 Å². The highest BCUT2D eigenvalue weighted by molar-refractivity contribution is 7.99. The molecule has 0 rings (SSSR count). The second kappa shape index (κ2) is 20.2. The summed E-state index contributed by atoms with van der Waals surface area (Å²) in [5, 5.41) is 8.53. The fourth-order valence-electron chi connectivity index (χ4n) is 2.46. The molecule has 23 heavy (non-hydrogen) atoms. The van der Waals surface area contributed by atoms with Gasteiger partial charge in [-0.3, -0.25) is 4.79 Å². The molecule has 0 radical (unpaired) electrons. The number of unbranched alkanes of at least 4 members (excludes halogenated alkanes) is 10. The molecule has 0 aromatic heterocycles. The van der Waals surface area contributed by atoms with Crippen LogP contribution >= 0.6 is 23.5 Å². The van der Waals surface area contributed by atoms with Gasteiger partial charge in [-0.25, -0.2) is 0 Å². The summed E-state index contributed by atoms with van der Waals surface area (Å²) in [6.45, 7) is 2.28. The van der Waals surface area contributed by atoms with Gasteiger partial charge in [0.25, 0.3) is 0 Å². The van der Waals surface area contributed by atoms with Crippen LogP contribution < -0.4 is 0 Å². The van der Waals surface area contributed by atoms with Crippen LogP contribution in [0.15, 0.2) is 0 Å². The minimum atomic E-state index is -0.674. The lowest BCUT2D eigenvalue weighted by atomic mass is 10.1. The quantitative estimate of drug-likeness (QED) is 0.262. The maximum Gasteiger partial charge on any atom is 0.304 e. The third-order valence-electron chi connectivity index (χ3n) is 3.93. The van der Waals surface area contributed by atoms with Crippen LogP contribution in [0.5, 0.6) is 0 Å². The average Bonchev–Trinajstić information content (AvgIpc) is 2.53.